The van der Waals surface area contributed by atoms with Crippen LogP contribution in [0.15, 0.2) is 27.4 Å². The molecule has 1 aromatic carbocycles. The van der Waals surface area contributed by atoms with Gasteiger partial charge in [-0.1, -0.05) is 0 Å². The van der Waals surface area contributed by atoms with Gasteiger partial charge in [0.2, 0.25) is 5.91 Å². The zero-order valence-corrected chi connectivity index (χ0v) is 14.9. The number of phenols is 1. The Balaban J connectivity index is 1.66. The molecule has 0 aliphatic carbocycles. The predicted octanol–water partition coefficient (Wildman–Crippen LogP) is 1.03. The fourth-order valence-electron chi connectivity index (χ4n) is 3.83. The summed E-state index contributed by atoms with van der Waals surface area (Å²) in [5, 5.41) is 10.5. The van der Waals surface area contributed by atoms with E-state index in [1.54, 1.807) is 17.0 Å². The second-order valence-corrected chi connectivity index (χ2v) is 7.13. The Labute approximate surface area is 151 Å². The number of rotatable bonds is 2. The van der Waals surface area contributed by atoms with Crippen molar-refractivity contribution in [2.24, 2.45) is 0 Å². The van der Waals surface area contributed by atoms with Gasteiger partial charge >= 0.3 is 5.63 Å². The van der Waals surface area contributed by atoms with Crippen LogP contribution in [-0.4, -0.2) is 67.1 Å². The lowest BCUT2D eigenvalue weighted by atomic mass is 9.98. The van der Waals surface area contributed by atoms with Crippen LogP contribution in [-0.2, 0) is 11.2 Å². The van der Waals surface area contributed by atoms with Gasteiger partial charge in [-0.3, -0.25) is 9.69 Å². The first kappa shape index (κ1) is 17.1. The minimum Gasteiger partial charge on any atom is -0.508 e. The van der Waals surface area contributed by atoms with Gasteiger partial charge in [0.15, 0.2) is 0 Å². The molecule has 1 saturated heterocycles. The molecule has 7 heteroatoms. The van der Waals surface area contributed by atoms with E-state index in [-0.39, 0.29) is 11.7 Å². The fourth-order valence-corrected chi connectivity index (χ4v) is 3.83. The van der Waals surface area contributed by atoms with E-state index >= 15 is 0 Å². The molecule has 1 fully saturated rings. The Hall–Kier alpha value is -2.38. The summed E-state index contributed by atoms with van der Waals surface area (Å²) < 4.78 is 5.42. The summed E-state index contributed by atoms with van der Waals surface area (Å²) in [6.07, 6.45) is 1.48. The predicted molar refractivity (Wildman–Crippen MR) is 98.8 cm³/mol. The summed E-state index contributed by atoms with van der Waals surface area (Å²) >= 11 is 0. The highest BCUT2D eigenvalue weighted by Crippen LogP contribution is 2.32. The van der Waals surface area contributed by atoms with E-state index in [0.29, 0.717) is 36.2 Å². The van der Waals surface area contributed by atoms with E-state index in [1.165, 1.54) is 6.07 Å². The molecule has 2 aliphatic heterocycles. The van der Waals surface area contributed by atoms with Crippen molar-refractivity contribution in [1.82, 2.24) is 9.80 Å². The third kappa shape index (κ3) is 3.08. The normalized spacial score (nSPS) is 18.9. The highest BCUT2D eigenvalue weighted by molar-refractivity contribution is 5.98. The molecule has 7 nitrogen and oxygen atoms in total. The summed E-state index contributed by atoms with van der Waals surface area (Å²) in [4.78, 5) is 31.4. The summed E-state index contributed by atoms with van der Waals surface area (Å²) in [6.45, 7) is 4.41. The van der Waals surface area contributed by atoms with Crippen LogP contribution in [0.1, 0.15) is 12.0 Å². The number of nitrogens with zero attached hydrogens (tertiary/aromatic N) is 3. The molecule has 3 heterocycles. The summed E-state index contributed by atoms with van der Waals surface area (Å²) in [7, 11) is 2.08. The van der Waals surface area contributed by atoms with Gasteiger partial charge in [-0.15, -0.1) is 0 Å². The van der Waals surface area contributed by atoms with Crippen molar-refractivity contribution >= 4 is 22.6 Å². The standard InChI is InChI=1S/C19H23N3O4/c1-20-7-9-21(10-8-20)12-17(24)22-6-2-3-14-15-11-13(23)4-5-16(15)26-19(25)18(14)22/h4-5,11,23H,2-3,6-10,12H2,1H3. The third-order valence-electron chi connectivity index (χ3n) is 5.30. The van der Waals surface area contributed by atoms with Crippen LogP contribution in [0.3, 0.4) is 0 Å². The Kier molecular flexibility index (Phi) is 4.42. The first-order valence-electron chi connectivity index (χ1n) is 9.03. The van der Waals surface area contributed by atoms with Crippen LogP contribution in [0.2, 0.25) is 0 Å². The van der Waals surface area contributed by atoms with Crippen LogP contribution in [0.4, 0.5) is 5.69 Å². The first-order chi connectivity index (χ1) is 12.5. The molecule has 2 aromatic rings. The zero-order valence-electron chi connectivity index (χ0n) is 14.9. The lowest BCUT2D eigenvalue weighted by Gasteiger charge is -2.34. The van der Waals surface area contributed by atoms with Crippen molar-refractivity contribution in [3.63, 3.8) is 0 Å². The molecule has 0 bridgehead atoms. The van der Waals surface area contributed by atoms with Gasteiger partial charge in [-0.25, -0.2) is 4.79 Å². The van der Waals surface area contributed by atoms with Gasteiger partial charge in [0, 0.05) is 38.1 Å². The minimum absolute atomic E-state index is 0.0673. The van der Waals surface area contributed by atoms with E-state index in [4.69, 9.17) is 4.42 Å². The van der Waals surface area contributed by atoms with Gasteiger partial charge in [0.25, 0.3) is 0 Å². The second kappa shape index (κ2) is 6.74. The number of aromatic hydroxyl groups is 1. The Morgan fingerprint density at radius 3 is 2.73 bits per heavy atom. The molecule has 1 amide bonds. The Morgan fingerprint density at radius 1 is 1.19 bits per heavy atom. The number of piperazine rings is 1. The molecular weight excluding hydrogens is 334 g/mol. The summed E-state index contributed by atoms with van der Waals surface area (Å²) in [5.41, 5.74) is 1.10. The molecule has 1 N–H and O–H groups in total. The maximum atomic E-state index is 12.9. The molecule has 138 valence electrons. The molecule has 2 aliphatic rings. The van der Waals surface area contributed by atoms with Gasteiger partial charge in [0.1, 0.15) is 17.0 Å². The maximum absolute atomic E-state index is 12.9. The number of anilines is 1. The fraction of sp³-hybridized carbons (Fsp3) is 0.474. The molecule has 0 spiro atoms. The number of likely N-dealkylation sites (N-methyl/N-ethyl adjacent to an activating group) is 1. The highest BCUT2D eigenvalue weighted by Gasteiger charge is 2.29. The van der Waals surface area contributed by atoms with Gasteiger partial charge in [-0.2, -0.15) is 0 Å². The minimum atomic E-state index is -0.482. The monoisotopic (exact) mass is 357 g/mol. The van der Waals surface area contributed by atoms with Gasteiger partial charge in [0.05, 0.1) is 6.54 Å². The van der Waals surface area contributed by atoms with Crippen molar-refractivity contribution in [1.29, 1.82) is 0 Å². The third-order valence-corrected chi connectivity index (χ3v) is 5.30. The number of hydrogen-bond donors (Lipinski definition) is 1. The van der Waals surface area contributed by atoms with Crippen LogP contribution in [0.25, 0.3) is 11.0 Å². The van der Waals surface area contributed by atoms with Crippen LogP contribution >= 0.6 is 0 Å². The molecule has 0 saturated carbocycles. The van der Waals surface area contributed by atoms with Crippen LogP contribution in [0, 0.1) is 0 Å². The molecule has 1 aromatic heterocycles. The number of fused-ring (bicyclic) bond motifs is 3. The number of phenolic OH excluding ortho intramolecular Hbond substituents is 1. The summed E-state index contributed by atoms with van der Waals surface area (Å²) in [6, 6.07) is 4.69. The number of aryl methyl sites for hydroxylation is 1. The van der Waals surface area contributed by atoms with E-state index < -0.39 is 5.63 Å². The zero-order chi connectivity index (χ0) is 18.3. The molecule has 0 radical (unpaired) electrons. The summed E-state index contributed by atoms with van der Waals surface area (Å²) in [5.74, 6) is 0.0525. The lowest BCUT2D eigenvalue weighted by Crippen LogP contribution is -2.50. The average molecular weight is 357 g/mol. The van der Waals surface area contributed by atoms with Crippen LogP contribution in [0.5, 0.6) is 5.75 Å². The van der Waals surface area contributed by atoms with Crippen molar-refractivity contribution in [3.8, 4) is 5.75 Å². The number of carbonyl (C=O) groups excluding carboxylic acids is 1. The van der Waals surface area contributed by atoms with E-state index in [0.717, 1.165) is 38.2 Å². The van der Waals surface area contributed by atoms with E-state index in [1.807, 2.05) is 0 Å². The molecule has 0 atom stereocenters. The van der Waals surface area contributed by atoms with Crippen molar-refractivity contribution in [3.05, 3.63) is 34.2 Å². The average Bonchev–Trinajstić information content (AvgIpc) is 2.64. The molecule has 4 rings (SSSR count). The topological polar surface area (TPSA) is 77.2 Å². The van der Waals surface area contributed by atoms with Crippen LogP contribution < -0.4 is 10.5 Å². The molecule has 26 heavy (non-hydrogen) atoms. The van der Waals surface area contributed by atoms with E-state index in [2.05, 4.69) is 16.8 Å². The number of hydrogen-bond acceptors (Lipinski definition) is 6. The largest absolute Gasteiger partial charge is 0.508 e. The van der Waals surface area contributed by atoms with Crippen molar-refractivity contribution in [2.75, 3.05) is 51.2 Å². The Morgan fingerprint density at radius 2 is 1.96 bits per heavy atom. The van der Waals surface area contributed by atoms with Gasteiger partial charge in [-0.05, 0) is 43.7 Å². The van der Waals surface area contributed by atoms with E-state index in [9.17, 15) is 14.7 Å². The van der Waals surface area contributed by atoms with Crippen molar-refractivity contribution in [2.45, 2.75) is 12.8 Å². The quantitative estimate of drug-likeness (QED) is 0.809. The second-order valence-electron chi connectivity index (χ2n) is 7.13. The Bertz CT molecular complexity index is 900. The number of carbonyl (C=O) groups is 1. The first-order valence-corrected chi connectivity index (χ1v) is 9.03. The maximum Gasteiger partial charge on any atom is 0.360 e. The van der Waals surface area contributed by atoms with Gasteiger partial charge < -0.3 is 19.3 Å². The lowest BCUT2D eigenvalue weighted by molar-refractivity contribution is -0.120. The SMILES string of the molecule is CN1CCN(CC(=O)N2CCCc3c2c(=O)oc2ccc(O)cc32)CC1. The molecule has 0 unspecified atom stereocenters. The number of amides is 1. The highest BCUT2D eigenvalue weighted by atomic mass is 16.4. The number of benzene rings is 1. The van der Waals surface area contributed by atoms with Crippen molar-refractivity contribution < 1.29 is 14.3 Å². The smallest absolute Gasteiger partial charge is 0.360 e. The molecular formula is C19H23N3O4.